The minimum absolute atomic E-state index is 0.142. The molecule has 0 saturated carbocycles. The summed E-state index contributed by atoms with van der Waals surface area (Å²) in [6, 6.07) is 1.54. The van der Waals surface area contributed by atoms with Crippen molar-refractivity contribution in [2.45, 2.75) is 12.2 Å². The summed E-state index contributed by atoms with van der Waals surface area (Å²) in [4.78, 5) is 31.6. The number of nitrogens with zero attached hydrogens (tertiary/aromatic N) is 1. The van der Waals surface area contributed by atoms with Gasteiger partial charge in [-0.05, 0) is 0 Å². The third-order valence-corrected chi connectivity index (χ3v) is 2.55. The number of aromatic hydroxyl groups is 1. The summed E-state index contributed by atoms with van der Waals surface area (Å²) in [6.45, 7) is 0. The molecule has 0 saturated heterocycles. The van der Waals surface area contributed by atoms with E-state index in [1.165, 1.54) is 0 Å². The molecule has 0 spiro atoms. The number of phenols is 1. The average molecular weight is 285 g/mol. The normalized spacial score (nSPS) is 13.3. The molecule has 9 heteroatoms. The van der Waals surface area contributed by atoms with Gasteiger partial charge in [0.25, 0.3) is 5.69 Å². The van der Waals surface area contributed by atoms with Gasteiger partial charge in [0.15, 0.2) is 12.4 Å². The van der Waals surface area contributed by atoms with Crippen LogP contribution in [0.1, 0.15) is 22.0 Å². The van der Waals surface area contributed by atoms with Gasteiger partial charge in [-0.15, -0.1) is 0 Å². The van der Waals surface area contributed by atoms with Gasteiger partial charge >= 0.3 is 5.97 Å². The van der Waals surface area contributed by atoms with Gasteiger partial charge in [0, 0.05) is 17.7 Å². The maximum absolute atomic E-state index is 11.1. The maximum Gasteiger partial charge on any atom is 0.337 e. The molecule has 1 aromatic carbocycles. The topological polar surface area (TPSA) is 147 Å². The number of hydrogen-bond donors (Lipinski definition) is 3. The minimum Gasteiger partial charge on any atom is -0.507 e. The van der Waals surface area contributed by atoms with E-state index in [-0.39, 0.29) is 6.29 Å². The molecule has 0 aliphatic heterocycles. The summed E-state index contributed by atoms with van der Waals surface area (Å²) >= 11 is 0. The van der Waals surface area contributed by atoms with Crippen LogP contribution in [0.4, 0.5) is 5.69 Å². The number of methoxy groups -OCH3 is 1. The number of rotatable bonds is 5. The van der Waals surface area contributed by atoms with Crippen molar-refractivity contribution < 1.29 is 34.6 Å². The number of non-ortho nitro benzene ring substituents is 1. The van der Waals surface area contributed by atoms with Crippen molar-refractivity contribution in [3.05, 3.63) is 33.4 Å². The highest BCUT2D eigenvalue weighted by Gasteiger charge is 2.31. The second-order valence-corrected chi connectivity index (χ2v) is 3.76. The lowest BCUT2D eigenvalue weighted by molar-refractivity contribution is -0.385. The molecule has 0 fully saturated rings. The Morgan fingerprint density at radius 3 is 2.50 bits per heavy atom. The number of carbonyl (C=O) groups excluding carboxylic acids is 2. The molecule has 0 radical (unpaired) electrons. The minimum atomic E-state index is -2.06. The van der Waals surface area contributed by atoms with Gasteiger partial charge in [-0.1, -0.05) is 0 Å². The second kappa shape index (κ2) is 6.08. The van der Waals surface area contributed by atoms with E-state index in [9.17, 15) is 35.0 Å². The third-order valence-electron chi connectivity index (χ3n) is 2.55. The lowest BCUT2D eigenvalue weighted by atomic mass is 9.99. The number of aldehydes is 1. The predicted octanol–water partition coefficient (Wildman–Crippen LogP) is -0.320. The highest BCUT2D eigenvalue weighted by molar-refractivity contribution is 5.82. The lowest BCUT2D eigenvalue weighted by Gasteiger charge is -2.17. The number of carbonyl (C=O) groups is 2. The van der Waals surface area contributed by atoms with Crippen LogP contribution in [-0.4, -0.2) is 45.7 Å². The second-order valence-electron chi connectivity index (χ2n) is 3.76. The van der Waals surface area contributed by atoms with Crippen molar-refractivity contribution in [3.8, 4) is 5.75 Å². The molecule has 2 atom stereocenters. The van der Waals surface area contributed by atoms with Gasteiger partial charge in [-0.25, -0.2) is 4.79 Å². The van der Waals surface area contributed by atoms with Gasteiger partial charge in [0.2, 0.25) is 0 Å². The van der Waals surface area contributed by atoms with Crippen LogP contribution < -0.4 is 0 Å². The summed E-state index contributed by atoms with van der Waals surface area (Å²) in [5.74, 6) is -1.96. The summed E-state index contributed by atoms with van der Waals surface area (Å²) in [7, 11) is 0.961. The average Bonchev–Trinajstić information content (AvgIpc) is 2.44. The fourth-order valence-corrected chi connectivity index (χ4v) is 1.50. The fraction of sp³-hybridized carbons (Fsp3) is 0.273. The first-order valence-corrected chi connectivity index (χ1v) is 5.24. The van der Waals surface area contributed by atoms with Gasteiger partial charge in [-0.3, -0.25) is 14.9 Å². The number of nitro groups is 1. The van der Waals surface area contributed by atoms with Gasteiger partial charge in [-0.2, -0.15) is 0 Å². The third kappa shape index (κ3) is 2.90. The van der Waals surface area contributed by atoms with E-state index >= 15 is 0 Å². The molecule has 20 heavy (non-hydrogen) atoms. The first kappa shape index (κ1) is 15.5. The Balaban J connectivity index is 3.35. The number of aliphatic hydroxyl groups is 2. The van der Waals surface area contributed by atoms with Crippen LogP contribution in [0.5, 0.6) is 5.75 Å². The highest BCUT2D eigenvalue weighted by Crippen LogP contribution is 2.33. The molecular formula is C11H11NO8. The molecule has 3 N–H and O–H groups in total. The molecule has 0 aromatic heterocycles. The van der Waals surface area contributed by atoms with Crippen LogP contribution in [0.25, 0.3) is 0 Å². The molecule has 0 amide bonds. The van der Waals surface area contributed by atoms with Gasteiger partial charge < -0.3 is 20.1 Å². The largest absolute Gasteiger partial charge is 0.507 e. The first-order valence-electron chi connectivity index (χ1n) is 5.24. The van der Waals surface area contributed by atoms with E-state index in [4.69, 9.17) is 0 Å². The van der Waals surface area contributed by atoms with Crippen LogP contribution in [0.15, 0.2) is 12.1 Å². The number of esters is 1. The summed E-state index contributed by atoms with van der Waals surface area (Å²) in [6.07, 6.45) is -3.91. The standard InChI is InChI=1S/C11H11NO8/c1-20-11(17)10(16)9(15)7-3-6(12(18)19)2-5(4-13)8(7)14/h2-4,9-10,14-16H,1H3. The zero-order valence-corrected chi connectivity index (χ0v) is 10.2. The Morgan fingerprint density at radius 2 is 2.05 bits per heavy atom. The van der Waals surface area contributed by atoms with E-state index in [1.54, 1.807) is 0 Å². The van der Waals surface area contributed by atoms with E-state index < -0.39 is 45.7 Å². The van der Waals surface area contributed by atoms with Crippen LogP contribution in [0, 0.1) is 10.1 Å². The molecule has 108 valence electrons. The predicted molar refractivity (Wildman–Crippen MR) is 63.1 cm³/mol. The number of aliphatic hydroxyl groups excluding tert-OH is 2. The maximum atomic E-state index is 11.1. The van der Waals surface area contributed by atoms with Crippen molar-refractivity contribution in [2.24, 2.45) is 0 Å². The first-order chi connectivity index (χ1) is 9.33. The van der Waals surface area contributed by atoms with Crippen molar-refractivity contribution in [1.82, 2.24) is 0 Å². The molecule has 0 aliphatic carbocycles. The van der Waals surface area contributed by atoms with E-state index in [1.807, 2.05) is 0 Å². The number of ether oxygens (including phenoxy) is 1. The van der Waals surface area contributed by atoms with Crippen LogP contribution in [0.2, 0.25) is 0 Å². The molecule has 0 bridgehead atoms. The zero-order valence-electron chi connectivity index (χ0n) is 10.2. The fourth-order valence-electron chi connectivity index (χ4n) is 1.50. The SMILES string of the molecule is COC(=O)C(O)C(O)c1cc([N+](=O)[O-])cc(C=O)c1O. The monoisotopic (exact) mass is 285 g/mol. The number of benzene rings is 1. The Hall–Kier alpha value is -2.52. The zero-order chi connectivity index (χ0) is 15.4. The quantitative estimate of drug-likeness (QED) is 0.288. The van der Waals surface area contributed by atoms with E-state index in [2.05, 4.69) is 4.74 Å². The van der Waals surface area contributed by atoms with E-state index in [0.29, 0.717) is 0 Å². The lowest BCUT2D eigenvalue weighted by Crippen LogP contribution is -2.29. The smallest absolute Gasteiger partial charge is 0.337 e. The van der Waals surface area contributed by atoms with Crippen molar-refractivity contribution >= 4 is 17.9 Å². The van der Waals surface area contributed by atoms with Crippen LogP contribution >= 0.6 is 0 Å². The Kier molecular flexibility index (Phi) is 4.73. The van der Waals surface area contributed by atoms with Crippen molar-refractivity contribution in [2.75, 3.05) is 7.11 Å². The van der Waals surface area contributed by atoms with Crippen LogP contribution in [0.3, 0.4) is 0 Å². The van der Waals surface area contributed by atoms with Gasteiger partial charge in [0.05, 0.1) is 17.6 Å². The summed E-state index contributed by atoms with van der Waals surface area (Å²) in [5.41, 5.74) is -1.57. The molecule has 1 aromatic rings. The summed E-state index contributed by atoms with van der Waals surface area (Å²) < 4.78 is 4.19. The Morgan fingerprint density at radius 1 is 1.45 bits per heavy atom. The summed E-state index contributed by atoms with van der Waals surface area (Å²) in [5, 5.41) is 39.6. The number of nitro benzene ring substituents is 1. The molecule has 2 unspecified atom stereocenters. The molecular weight excluding hydrogens is 274 g/mol. The molecule has 0 heterocycles. The van der Waals surface area contributed by atoms with Crippen molar-refractivity contribution in [1.29, 1.82) is 0 Å². The van der Waals surface area contributed by atoms with Crippen molar-refractivity contribution in [3.63, 3.8) is 0 Å². The number of phenolic OH excluding ortho intramolecular Hbond substituents is 1. The number of hydrogen-bond acceptors (Lipinski definition) is 8. The Bertz CT molecular complexity index is 556. The van der Waals surface area contributed by atoms with Crippen LogP contribution in [-0.2, 0) is 9.53 Å². The molecule has 0 aliphatic rings. The highest BCUT2D eigenvalue weighted by atomic mass is 16.6. The molecule has 1 rings (SSSR count). The van der Waals surface area contributed by atoms with Gasteiger partial charge in [0.1, 0.15) is 11.9 Å². The Labute approximate surface area is 112 Å². The molecule has 9 nitrogen and oxygen atoms in total. The van der Waals surface area contributed by atoms with E-state index in [0.717, 1.165) is 19.2 Å².